The van der Waals surface area contributed by atoms with E-state index in [0.717, 1.165) is 12.1 Å². The number of benzene rings is 2. The molecule has 0 heterocycles. The number of alkyl halides is 9. The number of halogens is 9. The van der Waals surface area contributed by atoms with Gasteiger partial charge in [-0.2, -0.15) is 39.5 Å². The molecule has 0 unspecified atom stereocenters. The van der Waals surface area contributed by atoms with E-state index in [1.54, 1.807) is 5.32 Å². The number of hydrogen-bond acceptors (Lipinski definition) is 2. The summed E-state index contributed by atoms with van der Waals surface area (Å²) in [5, 5.41) is 3.85. The van der Waals surface area contributed by atoms with Crippen LogP contribution in [0.4, 0.5) is 50.9 Å². The third kappa shape index (κ3) is 6.89. The fraction of sp³-hybridized carbons (Fsp3) is 0.222. The first-order valence-electron chi connectivity index (χ1n) is 8.12. The van der Waals surface area contributed by atoms with Crippen LogP contribution in [-0.4, -0.2) is 11.8 Å². The Morgan fingerprint density at radius 2 is 0.968 bits per heavy atom. The van der Waals surface area contributed by atoms with Crippen molar-refractivity contribution in [1.82, 2.24) is 0 Å². The molecule has 0 spiro atoms. The number of amides is 2. The van der Waals surface area contributed by atoms with Gasteiger partial charge >= 0.3 is 18.5 Å². The van der Waals surface area contributed by atoms with Gasteiger partial charge in [-0.1, -0.05) is 0 Å². The van der Waals surface area contributed by atoms with E-state index in [1.165, 1.54) is 0 Å². The van der Waals surface area contributed by atoms with Crippen LogP contribution in [0.1, 0.15) is 23.1 Å². The summed E-state index contributed by atoms with van der Waals surface area (Å²) in [4.78, 5) is 23.6. The minimum atomic E-state index is -5.12. The van der Waals surface area contributed by atoms with E-state index in [9.17, 15) is 49.1 Å². The molecule has 2 rings (SSSR count). The standard InChI is InChI=1S/C18H11F9N2O2/c19-16(20,21)9-1-3-12(4-2-9)28-14(30)8-15(31)29-13-6-10(17(22,23)24)5-11(7-13)18(25,26)27/h1-7H,8H2,(H,28,30)(H,29,31). The molecule has 0 saturated heterocycles. The Morgan fingerprint density at radius 3 is 1.35 bits per heavy atom. The molecule has 0 saturated carbocycles. The largest absolute Gasteiger partial charge is 0.416 e. The average molecular weight is 458 g/mol. The Hall–Kier alpha value is -3.25. The highest BCUT2D eigenvalue weighted by Gasteiger charge is 2.37. The third-order valence-electron chi connectivity index (χ3n) is 3.69. The lowest BCUT2D eigenvalue weighted by Crippen LogP contribution is -2.22. The Morgan fingerprint density at radius 1 is 0.581 bits per heavy atom. The van der Waals surface area contributed by atoms with Gasteiger partial charge in [0.15, 0.2) is 0 Å². The van der Waals surface area contributed by atoms with Crippen molar-refractivity contribution in [2.24, 2.45) is 0 Å². The van der Waals surface area contributed by atoms with Gasteiger partial charge in [-0.3, -0.25) is 9.59 Å². The second-order valence-corrected chi connectivity index (χ2v) is 6.14. The number of anilines is 2. The fourth-order valence-corrected chi connectivity index (χ4v) is 2.33. The summed E-state index contributed by atoms with van der Waals surface area (Å²) in [5.74, 6) is -2.29. The molecular formula is C18H11F9N2O2. The number of nitrogens with one attached hydrogen (secondary N) is 2. The first-order chi connectivity index (χ1) is 14.1. The summed E-state index contributed by atoms with van der Waals surface area (Å²) in [6, 6.07) is 3.53. The Balaban J connectivity index is 2.09. The molecule has 168 valence electrons. The van der Waals surface area contributed by atoms with Gasteiger partial charge in [-0.05, 0) is 42.5 Å². The van der Waals surface area contributed by atoms with Gasteiger partial charge in [0.1, 0.15) is 6.42 Å². The maximum Gasteiger partial charge on any atom is 0.416 e. The second-order valence-electron chi connectivity index (χ2n) is 6.14. The SMILES string of the molecule is O=C(CC(=O)Nc1cc(C(F)(F)F)cc(C(F)(F)F)c1)Nc1ccc(C(F)(F)F)cc1. The van der Waals surface area contributed by atoms with Crippen LogP contribution in [0.3, 0.4) is 0 Å². The van der Waals surface area contributed by atoms with Gasteiger partial charge in [0.05, 0.1) is 16.7 Å². The van der Waals surface area contributed by atoms with Crippen LogP contribution < -0.4 is 10.6 Å². The lowest BCUT2D eigenvalue weighted by atomic mass is 10.1. The van der Waals surface area contributed by atoms with Crippen LogP contribution >= 0.6 is 0 Å². The monoisotopic (exact) mass is 458 g/mol. The first kappa shape index (κ1) is 24.0. The van der Waals surface area contributed by atoms with Crippen LogP contribution in [0.5, 0.6) is 0 Å². The maximum atomic E-state index is 12.8. The van der Waals surface area contributed by atoms with E-state index in [0.29, 0.717) is 12.1 Å². The quantitative estimate of drug-likeness (QED) is 0.456. The number of carbonyl (C=O) groups is 2. The smallest absolute Gasteiger partial charge is 0.326 e. The highest BCUT2D eigenvalue weighted by Crippen LogP contribution is 2.37. The molecule has 0 bridgehead atoms. The normalized spacial score (nSPS) is 12.4. The van der Waals surface area contributed by atoms with Crippen molar-refractivity contribution in [3.05, 3.63) is 59.2 Å². The summed E-state index contributed by atoms with van der Waals surface area (Å²) >= 11 is 0. The molecule has 0 aromatic heterocycles. The highest BCUT2D eigenvalue weighted by molar-refractivity contribution is 6.08. The van der Waals surface area contributed by atoms with E-state index in [2.05, 4.69) is 5.32 Å². The molecule has 2 N–H and O–H groups in total. The molecule has 0 fully saturated rings. The summed E-state index contributed by atoms with van der Waals surface area (Å²) in [7, 11) is 0. The van der Waals surface area contributed by atoms with Crippen molar-refractivity contribution in [2.75, 3.05) is 10.6 Å². The molecule has 0 radical (unpaired) electrons. The number of carbonyl (C=O) groups excluding carboxylic acids is 2. The Labute approximate surface area is 168 Å². The van der Waals surface area contributed by atoms with Crippen molar-refractivity contribution in [3.8, 4) is 0 Å². The number of hydrogen-bond donors (Lipinski definition) is 2. The molecule has 31 heavy (non-hydrogen) atoms. The maximum absolute atomic E-state index is 12.8. The van der Waals surface area contributed by atoms with Crippen LogP contribution in [0.25, 0.3) is 0 Å². The van der Waals surface area contributed by atoms with Crippen LogP contribution in [0, 0.1) is 0 Å². The van der Waals surface area contributed by atoms with E-state index < -0.39 is 59.1 Å². The Bertz CT molecular complexity index is 930. The second kappa shape index (κ2) is 8.47. The molecule has 0 aliphatic rings. The highest BCUT2D eigenvalue weighted by atomic mass is 19.4. The van der Waals surface area contributed by atoms with Crippen molar-refractivity contribution in [2.45, 2.75) is 24.9 Å². The van der Waals surface area contributed by atoms with Crippen molar-refractivity contribution in [1.29, 1.82) is 0 Å². The minimum Gasteiger partial charge on any atom is -0.326 e. The number of rotatable bonds is 4. The van der Waals surface area contributed by atoms with E-state index in [-0.39, 0.29) is 23.9 Å². The molecule has 2 amide bonds. The van der Waals surface area contributed by atoms with Crippen LogP contribution in [0.15, 0.2) is 42.5 Å². The van der Waals surface area contributed by atoms with Crippen molar-refractivity contribution >= 4 is 23.2 Å². The van der Waals surface area contributed by atoms with Crippen LogP contribution in [0.2, 0.25) is 0 Å². The minimum absolute atomic E-state index is 0.107. The van der Waals surface area contributed by atoms with E-state index in [1.807, 2.05) is 0 Å². The predicted molar refractivity (Wildman–Crippen MR) is 89.8 cm³/mol. The molecule has 0 aliphatic heterocycles. The zero-order valence-electron chi connectivity index (χ0n) is 15.0. The molecule has 0 atom stereocenters. The molecular weight excluding hydrogens is 447 g/mol. The van der Waals surface area contributed by atoms with Gasteiger partial charge in [0, 0.05) is 11.4 Å². The molecule has 0 aliphatic carbocycles. The average Bonchev–Trinajstić information content (AvgIpc) is 2.59. The van der Waals surface area contributed by atoms with E-state index in [4.69, 9.17) is 0 Å². The van der Waals surface area contributed by atoms with Crippen molar-refractivity contribution in [3.63, 3.8) is 0 Å². The van der Waals surface area contributed by atoms with Gasteiger partial charge in [-0.15, -0.1) is 0 Å². The zero-order valence-corrected chi connectivity index (χ0v) is 15.0. The topological polar surface area (TPSA) is 58.2 Å². The molecule has 2 aromatic carbocycles. The lowest BCUT2D eigenvalue weighted by molar-refractivity contribution is -0.143. The van der Waals surface area contributed by atoms with Gasteiger partial charge < -0.3 is 10.6 Å². The van der Waals surface area contributed by atoms with Gasteiger partial charge in [-0.25, -0.2) is 0 Å². The van der Waals surface area contributed by atoms with Gasteiger partial charge in [0.2, 0.25) is 11.8 Å². The summed E-state index contributed by atoms with van der Waals surface area (Å²) in [6.45, 7) is 0. The van der Waals surface area contributed by atoms with E-state index >= 15 is 0 Å². The summed E-state index contributed by atoms with van der Waals surface area (Å²) < 4.78 is 114. The Kier molecular flexibility index (Phi) is 6.57. The van der Waals surface area contributed by atoms with Gasteiger partial charge in [0.25, 0.3) is 0 Å². The fourth-order valence-electron chi connectivity index (χ4n) is 2.33. The van der Waals surface area contributed by atoms with Crippen molar-refractivity contribution < 1.29 is 49.1 Å². The first-order valence-corrected chi connectivity index (χ1v) is 8.12. The van der Waals surface area contributed by atoms with Crippen LogP contribution in [-0.2, 0) is 28.1 Å². The third-order valence-corrected chi connectivity index (χ3v) is 3.69. The predicted octanol–water partition coefficient (Wildman–Crippen LogP) is 5.71. The zero-order chi connectivity index (χ0) is 23.6. The summed E-state index contributed by atoms with van der Waals surface area (Å²) in [6.07, 6.45) is -15.9. The molecule has 2 aromatic rings. The molecule has 13 heteroatoms. The summed E-state index contributed by atoms with van der Waals surface area (Å²) in [5.41, 5.74) is -5.26. The molecule has 4 nitrogen and oxygen atoms in total. The lowest BCUT2D eigenvalue weighted by Gasteiger charge is -2.15.